The molecule has 2 heterocycles. The summed E-state index contributed by atoms with van der Waals surface area (Å²) in [5, 5.41) is 11.1. The summed E-state index contributed by atoms with van der Waals surface area (Å²) >= 11 is 0. The SMILES string of the molecule is COCCNC(=O)C(c1ccc(C)o1)N(C(=O)Cn1nnc2ccccc21)c1ccccc1C. The Morgan fingerprint density at radius 3 is 2.59 bits per heavy atom. The molecule has 1 unspecified atom stereocenters. The van der Waals surface area contributed by atoms with Gasteiger partial charge >= 0.3 is 0 Å². The van der Waals surface area contributed by atoms with Gasteiger partial charge in [0.25, 0.3) is 5.91 Å². The summed E-state index contributed by atoms with van der Waals surface area (Å²) in [5.41, 5.74) is 2.87. The van der Waals surface area contributed by atoms with Gasteiger partial charge in [-0.3, -0.25) is 14.5 Å². The third-order valence-corrected chi connectivity index (χ3v) is 5.49. The Bertz CT molecular complexity index is 1300. The molecule has 0 aliphatic carbocycles. The molecule has 176 valence electrons. The Hall–Kier alpha value is -3.98. The quantitative estimate of drug-likeness (QED) is 0.384. The number of hydrogen-bond acceptors (Lipinski definition) is 6. The maximum absolute atomic E-state index is 13.9. The highest BCUT2D eigenvalue weighted by Gasteiger charge is 2.36. The minimum absolute atomic E-state index is 0.101. The van der Waals surface area contributed by atoms with Crippen molar-refractivity contribution in [3.63, 3.8) is 0 Å². The third kappa shape index (κ3) is 4.84. The van der Waals surface area contributed by atoms with Crippen molar-refractivity contribution in [1.82, 2.24) is 20.3 Å². The van der Waals surface area contributed by atoms with Gasteiger partial charge in [-0.2, -0.15) is 0 Å². The van der Waals surface area contributed by atoms with Crippen LogP contribution in [0.2, 0.25) is 0 Å². The fraction of sp³-hybridized carbons (Fsp3) is 0.280. The third-order valence-electron chi connectivity index (χ3n) is 5.49. The van der Waals surface area contributed by atoms with Crippen LogP contribution in [0.5, 0.6) is 0 Å². The second-order valence-electron chi connectivity index (χ2n) is 7.92. The molecule has 0 fully saturated rings. The lowest BCUT2D eigenvalue weighted by atomic mass is 10.1. The lowest BCUT2D eigenvalue weighted by Gasteiger charge is -2.31. The van der Waals surface area contributed by atoms with Crippen molar-refractivity contribution in [2.24, 2.45) is 0 Å². The van der Waals surface area contributed by atoms with Gasteiger partial charge in [-0.1, -0.05) is 35.5 Å². The summed E-state index contributed by atoms with van der Waals surface area (Å²) in [7, 11) is 1.56. The van der Waals surface area contributed by atoms with Crippen LogP contribution in [0.4, 0.5) is 5.69 Å². The Morgan fingerprint density at radius 1 is 1.09 bits per heavy atom. The number of fused-ring (bicyclic) bond motifs is 1. The van der Waals surface area contributed by atoms with Crippen molar-refractivity contribution in [3.05, 3.63) is 77.7 Å². The first-order valence-electron chi connectivity index (χ1n) is 11.0. The predicted octanol–water partition coefficient (Wildman–Crippen LogP) is 3.18. The molecular weight excluding hydrogens is 434 g/mol. The number of nitrogens with one attached hydrogen (secondary N) is 1. The highest BCUT2D eigenvalue weighted by atomic mass is 16.5. The number of hydrogen-bond donors (Lipinski definition) is 1. The average Bonchev–Trinajstić information content (AvgIpc) is 3.44. The molecule has 2 aromatic heterocycles. The molecule has 9 nitrogen and oxygen atoms in total. The van der Waals surface area contributed by atoms with Crippen LogP contribution in [-0.4, -0.2) is 47.1 Å². The van der Waals surface area contributed by atoms with E-state index in [1.54, 1.807) is 26.2 Å². The molecular formula is C25H27N5O4. The number of amides is 2. The van der Waals surface area contributed by atoms with E-state index in [4.69, 9.17) is 9.15 Å². The van der Waals surface area contributed by atoms with Crippen molar-refractivity contribution in [1.29, 1.82) is 0 Å². The number of carbonyl (C=O) groups excluding carboxylic acids is 2. The molecule has 4 rings (SSSR count). The standard InChI is InChI=1S/C25H27N5O4/c1-17-8-4-6-10-20(17)30(23(31)16-29-21-11-7-5-9-19(21)27-28-29)24(22-13-12-18(2)34-22)25(32)26-14-15-33-3/h4-13,24H,14-16H2,1-3H3,(H,26,32). The Morgan fingerprint density at radius 2 is 1.85 bits per heavy atom. The maximum Gasteiger partial charge on any atom is 0.251 e. The first kappa shape index (κ1) is 23.2. The van der Waals surface area contributed by atoms with E-state index in [9.17, 15) is 9.59 Å². The molecule has 2 aromatic carbocycles. The van der Waals surface area contributed by atoms with Crippen molar-refractivity contribution in [2.45, 2.75) is 26.4 Å². The molecule has 1 N–H and O–H groups in total. The van der Waals surface area contributed by atoms with Crippen molar-refractivity contribution >= 4 is 28.5 Å². The minimum atomic E-state index is -1.02. The molecule has 0 spiro atoms. The highest BCUT2D eigenvalue weighted by molar-refractivity contribution is 6.01. The number of carbonyl (C=O) groups is 2. The smallest absolute Gasteiger partial charge is 0.251 e. The maximum atomic E-state index is 13.9. The van der Waals surface area contributed by atoms with E-state index in [1.165, 1.54) is 9.58 Å². The van der Waals surface area contributed by atoms with Gasteiger partial charge < -0.3 is 14.5 Å². The van der Waals surface area contributed by atoms with Crippen LogP contribution in [0.1, 0.15) is 23.1 Å². The molecule has 0 saturated heterocycles. The van der Waals surface area contributed by atoms with E-state index in [0.29, 0.717) is 35.9 Å². The topological polar surface area (TPSA) is 102 Å². The Balaban J connectivity index is 1.77. The van der Waals surface area contributed by atoms with Gasteiger partial charge in [-0.25, -0.2) is 4.68 Å². The first-order valence-corrected chi connectivity index (χ1v) is 11.0. The molecule has 1 atom stereocenters. The second kappa shape index (κ2) is 10.3. The average molecular weight is 462 g/mol. The highest BCUT2D eigenvalue weighted by Crippen LogP contribution is 2.32. The van der Waals surface area contributed by atoms with Gasteiger partial charge in [-0.05, 0) is 49.7 Å². The van der Waals surface area contributed by atoms with Gasteiger partial charge in [0.1, 0.15) is 23.6 Å². The summed E-state index contributed by atoms with van der Waals surface area (Å²) in [4.78, 5) is 28.8. The number of para-hydroxylation sites is 2. The molecule has 4 aromatic rings. The van der Waals surface area contributed by atoms with Crippen LogP contribution in [0.15, 0.2) is 65.1 Å². The molecule has 0 radical (unpaired) electrons. The van der Waals surface area contributed by atoms with E-state index in [0.717, 1.165) is 11.1 Å². The molecule has 0 saturated carbocycles. The molecule has 0 aliphatic rings. The zero-order chi connectivity index (χ0) is 24.1. The van der Waals surface area contributed by atoms with Crippen LogP contribution >= 0.6 is 0 Å². The monoisotopic (exact) mass is 461 g/mol. The van der Waals surface area contributed by atoms with Crippen LogP contribution < -0.4 is 10.2 Å². The van der Waals surface area contributed by atoms with Crippen molar-refractivity contribution < 1.29 is 18.7 Å². The number of ether oxygens (including phenoxy) is 1. The summed E-state index contributed by atoms with van der Waals surface area (Å²) < 4.78 is 12.5. The molecule has 9 heteroatoms. The predicted molar refractivity (Wildman–Crippen MR) is 127 cm³/mol. The zero-order valence-electron chi connectivity index (χ0n) is 19.4. The summed E-state index contributed by atoms with van der Waals surface area (Å²) in [6.45, 7) is 4.24. The largest absolute Gasteiger partial charge is 0.464 e. The van der Waals surface area contributed by atoms with E-state index < -0.39 is 6.04 Å². The first-order chi connectivity index (χ1) is 16.5. The van der Waals surface area contributed by atoms with E-state index >= 15 is 0 Å². The van der Waals surface area contributed by atoms with Crippen molar-refractivity contribution in [2.75, 3.05) is 25.2 Å². The van der Waals surface area contributed by atoms with Gasteiger partial charge in [0, 0.05) is 19.3 Å². The normalized spacial score (nSPS) is 12.0. The van der Waals surface area contributed by atoms with E-state index in [-0.39, 0.29) is 18.4 Å². The number of aromatic nitrogens is 3. The van der Waals surface area contributed by atoms with Crippen LogP contribution in [0, 0.1) is 13.8 Å². The second-order valence-corrected chi connectivity index (χ2v) is 7.92. The zero-order valence-corrected chi connectivity index (χ0v) is 19.4. The number of anilines is 1. The van der Waals surface area contributed by atoms with Crippen LogP contribution in [0.25, 0.3) is 11.0 Å². The lowest BCUT2D eigenvalue weighted by molar-refractivity contribution is -0.127. The molecule has 34 heavy (non-hydrogen) atoms. The number of methoxy groups -OCH3 is 1. The minimum Gasteiger partial charge on any atom is -0.464 e. The number of furan rings is 1. The van der Waals surface area contributed by atoms with Crippen LogP contribution in [-0.2, 0) is 20.9 Å². The summed E-state index contributed by atoms with van der Waals surface area (Å²) in [6, 6.07) is 17.3. The number of nitrogens with zero attached hydrogens (tertiary/aromatic N) is 4. The summed E-state index contributed by atoms with van der Waals surface area (Å²) in [5.74, 6) is 0.314. The van der Waals surface area contributed by atoms with E-state index in [1.807, 2.05) is 55.5 Å². The lowest BCUT2D eigenvalue weighted by Crippen LogP contribution is -2.46. The fourth-order valence-electron chi connectivity index (χ4n) is 3.84. The van der Waals surface area contributed by atoms with Gasteiger partial charge in [0.15, 0.2) is 6.04 Å². The van der Waals surface area contributed by atoms with Crippen molar-refractivity contribution in [3.8, 4) is 0 Å². The molecule has 2 amide bonds. The van der Waals surface area contributed by atoms with Gasteiger partial charge in [0.05, 0.1) is 12.1 Å². The number of aryl methyl sites for hydroxylation is 2. The van der Waals surface area contributed by atoms with Crippen LogP contribution in [0.3, 0.4) is 0 Å². The fourth-order valence-corrected chi connectivity index (χ4v) is 3.84. The molecule has 0 aliphatic heterocycles. The van der Waals surface area contributed by atoms with E-state index in [2.05, 4.69) is 15.6 Å². The van der Waals surface area contributed by atoms with Gasteiger partial charge in [-0.15, -0.1) is 5.10 Å². The molecule has 0 bridgehead atoms. The Labute approximate surface area is 197 Å². The Kier molecular flexibility index (Phi) is 7.03. The van der Waals surface area contributed by atoms with Gasteiger partial charge in [0.2, 0.25) is 5.91 Å². The summed E-state index contributed by atoms with van der Waals surface area (Å²) in [6.07, 6.45) is 0. The number of benzene rings is 2. The number of rotatable bonds is 9.